The minimum Gasteiger partial charge on any atom is -0.478 e. The topological polar surface area (TPSA) is 70.0 Å². The molecule has 5 nitrogen and oxygen atoms in total. The van der Waals surface area contributed by atoms with E-state index in [0.717, 1.165) is 28.8 Å². The molecule has 1 heterocycles. The molecule has 6 heteroatoms. The Morgan fingerprint density at radius 1 is 1.00 bits per heavy atom. The second-order valence-electron chi connectivity index (χ2n) is 7.31. The number of rotatable bonds is 6. The lowest BCUT2D eigenvalue weighted by Gasteiger charge is -2.13. The third-order valence-corrected chi connectivity index (χ3v) is 5.97. The number of hydrogen-bond acceptors (Lipinski definition) is 4. The molecule has 3 aromatic carbocycles. The number of thioether (sulfide) groups is 1. The number of hydrogen-bond donors (Lipinski definition) is 1. The van der Waals surface area contributed by atoms with Crippen molar-refractivity contribution in [2.24, 2.45) is 4.99 Å². The van der Waals surface area contributed by atoms with E-state index in [1.807, 2.05) is 67.6 Å². The lowest BCUT2D eigenvalue weighted by atomic mass is 10.0. The van der Waals surface area contributed by atoms with Gasteiger partial charge in [-0.15, -0.1) is 0 Å². The fraction of sp³-hybridized carbons (Fsp3) is 0.115. The van der Waals surface area contributed by atoms with Crippen molar-refractivity contribution in [2.75, 3.05) is 6.54 Å². The van der Waals surface area contributed by atoms with Crippen LogP contribution >= 0.6 is 11.8 Å². The van der Waals surface area contributed by atoms with E-state index >= 15 is 0 Å². The van der Waals surface area contributed by atoms with Crippen molar-refractivity contribution in [2.45, 2.75) is 13.3 Å². The zero-order valence-corrected chi connectivity index (χ0v) is 18.4. The lowest BCUT2D eigenvalue weighted by molar-refractivity contribution is -0.122. The van der Waals surface area contributed by atoms with Crippen LogP contribution in [0.2, 0.25) is 0 Å². The van der Waals surface area contributed by atoms with E-state index < -0.39 is 5.97 Å². The number of aromatic carboxylic acids is 1. The van der Waals surface area contributed by atoms with Gasteiger partial charge >= 0.3 is 5.97 Å². The number of benzene rings is 3. The Morgan fingerprint density at radius 2 is 1.75 bits per heavy atom. The number of nitrogens with zero attached hydrogens (tertiary/aromatic N) is 2. The highest BCUT2D eigenvalue weighted by molar-refractivity contribution is 8.18. The standard InChI is InChI=1S/C26H22N2O3S/c1-2-15-28-24(29)23(32-26(28)27-22-9-4-3-5-10-22)17-18-7-6-8-21(16-18)19-11-13-20(14-12-19)25(30)31/h3-14,16-17H,2,15H2,1H3,(H,30,31)/b23-17-,27-26?. The number of aliphatic imine (C=N–C) groups is 1. The van der Waals surface area contributed by atoms with Gasteiger partial charge in [0.1, 0.15) is 0 Å². The zero-order valence-electron chi connectivity index (χ0n) is 17.6. The first-order chi connectivity index (χ1) is 15.5. The Balaban J connectivity index is 1.63. The smallest absolute Gasteiger partial charge is 0.335 e. The van der Waals surface area contributed by atoms with Crippen molar-refractivity contribution in [1.82, 2.24) is 4.90 Å². The number of amidine groups is 1. The summed E-state index contributed by atoms with van der Waals surface area (Å²) >= 11 is 1.39. The number of carboxylic acids is 1. The molecular weight excluding hydrogens is 420 g/mol. The highest BCUT2D eigenvalue weighted by atomic mass is 32.2. The molecule has 1 fully saturated rings. The first-order valence-corrected chi connectivity index (χ1v) is 11.2. The number of carbonyl (C=O) groups is 2. The molecule has 0 aromatic heterocycles. The Hall–Kier alpha value is -3.64. The molecule has 32 heavy (non-hydrogen) atoms. The summed E-state index contributed by atoms with van der Waals surface area (Å²) in [5.74, 6) is -0.987. The number of amides is 1. The molecule has 160 valence electrons. The van der Waals surface area contributed by atoms with Crippen molar-refractivity contribution < 1.29 is 14.7 Å². The minimum absolute atomic E-state index is 0.0391. The SMILES string of the molecule is CCCN1C(=O)/C(=C/c2cccc(-c3ccc(C(=O)O)cc3)c2)SC1=Nc1ccccc1. The van der Waals surface area contributed by atoms with Gasteiger partial charge in [-0.25, -0.2) is 9.79 Å². The highest BCUT2D eigenvalue weighted by Crippen LogP contribution is 2.34. The molecule has 0 atom stereocenters. The van der Waals surface area contributed by atoms with E-state index in [1.54, 1.807) is 29.2 Å². The molecule has 0 radical (unpaired) electrons. The van der Waals surface area contributed by atoms with Crippen LogP contribution in [0.3, 0.4) is 0 Å². The zero-order chi connectivity index (χ0) is 22.5. The summed E-state index contributed by atoms with van der Waals surface area (Å²) in [6, 6.07) is 24.2. The lowest BCUT2D eigenvalue weighted by Crippen LogP contribution is -2.29. The molecule has 0 aliphatic carbocycles. The monoisotopic (exact) mass is 442 g/mol. The fourth-order valence-electron chi connectivity index (χ4n) is 3.39. The molecule has 1 saturated heterocycles. The number of para-hydroxylation sites is 1. The van der Waals surface area contributed by atoms with Gasteiger partial charge in [0.25, 0.3) is 5.91 Å². The number of carboxylic acid groups (broad SMARTS) is 1. The van der Waals surface area contributed by atoms with Crippen LogP contribution < -0.4 is 0 Å². The summed E-state index contributed by atoms with van der Waals surface area (Å²) in [6.45, 7) is 2.66. The fourth-order valence-corrected chi connectivity index (χ4v) is 4.41. The van der Waals surface area contributed by atoms with Crippen LogP contribution in [0.5, 0.6) is 0 Å². The van der Waals surface area contributed by atoms with Crippen LogP contribution in [0.15, 0.2) is 88.8 Å². The van der Waals surface area contributed by atoms with Crippen LogP contribution in [0.25, 0.3) is 17.2 Å². The molecule has 1 aliphatic heterocycles. The Bertz CT molecular complexity index is 1200. The largest absolute Gasteiger partial charge is 0.478 e. The van der Waals surface area contributed by atoms with Crippen molar-refractivity contribution in [3.63, 3.8) is 0 Å². The maximum Gasteiger partial charge on any atom is 0.335 e. The van der Waals surface area contributed by atoms with Gasteiger partial charge in [0.15, 0.2) is 5.17 Å². The summed E-state index contributed by atoms with van der Waals surface area (Å²) in [5, 5.41) is 9.78. The summed E-state index contributed by atoms with van der Waals surface area (Å²) in [4.78, 5) is 31.2. The van der Waals surface area contributed by atoms with Gasteiger partial charge in [-0.05, 0) is 71.3 Å². The van der Waals surface area contributed by atoms with E-state index in [0.29, 0.717) is 16.6 Å². The van der Waals surface area contributed by atoms with Crippen molar-refractivity contribution in [1.29, 1.82) is 0 Å². The van der Waals surface area contributed by atoms with Crippen molar-refractivity contribution in [3.05, 3.63) is 94.9 Å². The molecular formula is C26H22N2O3S. The average molecular weight is 443 g/mol. The van der Waals surface area contributed by atoms with E-state index in [4.69, 9.17) is 5.11 Å². The van der Waals surface area contributed by atoms with E-state index in [1.165, 1.54) is 11.8 Å². The molecule has 3 aromatic rings. The first kappa shape index (κ1) is 21.6. The van der Waals surface area contributed by atoms with Gasteiger partial charge < -0.3 is 5.11 Å². The van der Waals surface area contributed by atoms with E-state index in [-0.39, 0.29) is 11.5 Å². The number of carbonyl (C=O) groups excluding carboxylic acids is 1. The normalized spacial score (nSPS) is 16.2. The van der Waals surface area contributed by atoms with Crippen LogP contribution in [0.1, 0.15) is 29.3 Å². The molecule has 0 spiro atoms. The van der Waals surface area contributed by atoms with Crippen LogP contribution in [-0.2, 0) is 4.79 Å². The van der Waals surface area contributed by atoms with Gasteiger partial charge in [-0.1, -0.05) is 55.5 Å². The van der Waals surface area contributed by atoms with Crippen LogP contribution in [0, 0.1) is 0 Å². The maximum absolute atomic E-state index is 13.1. The van der Waals surface area contributed by atoms with Gasteiger partial charge in [-0.3, -0.25) is 9.69 Å². The quantitative estimate of drug-likeness (QED) is 0.471. The molecule has 1 amide bonds. The predicted molar refractivity (Wildman–Crippen MR) is 130 cm³/mol. The third-order valence-electron chi connectivity index (χ3n) is 4.97. The molecule has 1 aliphatic rings. The van der Waals surface area contributed by atoms with Crippen molar-refractivity contribution in [3.8, 4) is 11.1 Å². The van der Waals surface area contributed by atoms with E-state index in [9.17, 15) is 9.59 Å². The summed E-state index contributed by atoms with van der Waals surface area (Å²) in [5.41, 5.74) is 3.84. The second-order valence-corrected chi connectivity index (χ2v) is 8.31. The summed E-state index contributed by atoms with van der Waals surface area (Å²) in [6.07, 6.45) is 2.73. The Kier molecular flexibility index (Phi) is 6.52. The van der Waals surface area contributed by atoms with Gasteiger partial charge in [0.05, 0.1) is 16.2 Å². The second kappa shape index (κ2) is 9.66. The highest BCUT2D eigenvalue weighted by Gasteiger charge is 2.32. The minimum atomic E-state index is -0.948. The average Bonchev–Trinajstić information content (AvgIpc) is 3.09. The van der Waals surface area contributed by atoms with Crippen LogP contribution in [0.4, 0.5) is 5.69 Å². The first-order valence-electron chi connectivity index (χ1n) is 10.3. The van der Waals surface area contributed by atoms with Gasteiger partial charge in [-0.2, -0.15) is 0 Å². The predicted octanol–water partition coefficient (Wildman–Crippen LogP) is 6.07. The molecule has 1 N–H and O–H groups in total. The van der Waals surface area contributed by atoms with Crippen LogP contribution in [-0.4, -0.2) is 33.6 Å². The molecule has 4 rings (SSSR count). The van der Waals surface area contributed by atoms with E-state index in [2.05, 4.69) is 4.99 Å². The summed E-state index contributed by atoms with van der Waals surface area (Å²) < 4.78 is 0. The van der Waals surface area contributed by atoms with Gasteiger partial charge in [0, 0.05) is 6.54 Å². The molecule has 0 saturated carbocycles. The van der Waals surface area contributed by atoms with Gasteiger partial charge in [0.2, 0.25) is 0 Å². The van der Waals surface area contributed by atoms with Crippen molar-refractivity contribution >= 4 is 40.6 Å². The summed E-state index contributed by atoms with van der Waals surface area (Å²) in [7, 11) is 0. The molecule has 0 unspecified atom stereocenters. The maximum atomic E-state index is 13.1. The molecule has 0 bridgehead atoms. The Labute approximate surface area is 191 Å². The Morgan fingerprint density at radius 3 is 2.44 bits per heavy atom. The third kappa shape index (κ3) is 4.81.